The van der Waals surface area contributed by atoms with Crippen LogP contribution in [0.3, 0.4) is 0 Å². The Bertz CT molecular complexity index is 1970. The number of benzene rings is 1. The number of amides is 2. The maximum absolute atomic E-state index is 14.1. The Labute approximate surface area is 316 Å². The van der Waals surface area contributed by atoms with E-state index in [1.165, 1.54) is 16.3 Å². The molecule has 13 heteroatoms. The molecule has 284 valence electrons. The number of fused-ring (bicyclic) bond motifs is 6. The Morgan fingerprint density at radius 2 is 2.00 bits per heavy atom. The number of aromatic nitrogens is 3. The first-order chi connectivity index (χ1) is 25.3. The molecule has 2 amide bonds. The molecule has 0 aliphatic carbocycles. The second-order valence-corrected chi connectivity index (χ2v) is 16.2. The molecule has 1 aromatic carbocycles. The zero-order chi connectivity index (χ0) is 38.0. The predicted octanol–water partition coefficient (Wildman–Crippen LogP) is 5.45. The second kappa shape index (κ2) is 16.1. The van der Waals surface area contributed by atoms with Gasteiger partial charge in [-0.15, -0.1) is 11.3 Å². The minimum Gasteiger partial charge on any atom is -0.464 e. The van der Waals surface area contributed by atoms with Crippen molar-refractivity contribution in [2.45, 2.75) is 98.0 Å². The van der Waals surface area contributed by atoms with E-state index in [-0.39, 0.29) is 36.9 Å². The standard InChI is InChI=1S/C40H53N7O5S/c1-9-46-32-15-14-25-18-27(32)28(36(46)26-12-10-16-42-35(26)24(4)51-8)20-40(5,6)22-52-39(50)29-13-11-17-47(45-29)38(49)30(19-33-43-31(25)21-53-33)44-37(48)34(41-7)23(2)3/h10,12,14-16,18,21,23-24,29-30,34,41,45H,9,11,13,17,19-20,22H2,1-8H3,(H,44,48)/t24-,29-,30-,34?/m0/s1. The number of carbonyl (C=O) groups excluding carboxylic acids is 3. The molecule has 1 saturated heterocycles. The molecule has 0 saturated carbocycles. The van der Waals surface area contributed by atoms with E-state index in [0.29, 0.717) is 25.8 Å². The van der Waals surface area contributed by atoms with E-state index >= 15 is 0 Å². The topological polar surface area (TPSA) is 140 Å². The largest absolute Gasteiger partial charge is 0.464 e. The van der Waals surface area contributed by atoms with Gasteiger partial charge in [0.25, 0.3) is 5.91 Å². The Morgan fingerprint density at radius 3 is 2.72 bits per heavy atom. The molecule has 6 rings (SSSR count). The van der Waals surface area contributed by atoms with Gasteiger partial charge in [0.2, 0.25) is 5.91 Å². The third kappa shape index (κ3) is 8.03. The van der Waals surface area contributed by atoms with Crippen molar-refractivity contribution in [1.82, 2.24) is 35.6 Å². The van der Waals surface area contributed by atoms with Crippen molar-refractivity contribution in [3.8, 4) is 22.5 Å². The van der Waals surface area contributed by atoms with E-state index in [1.54, 1.807) is 20.4 Å². The zero-order valence-electron chi connectivity index (χ0n) is 32.1. The average Bonchev–Trinajstić information content (AvgIpc) is 3.74. The molecule has 0 radical (unpaired) electrons. The smallest absolute Gasteiger partial charge is 0.324 e. The van der Waals surface area contributed by atoms with Crippen molar-refractivity contribution in [1.29, 1.82) is 0 Å². The van der Waals surface area contributed by atoms with Crippen LogP contribution in [0.1, 0.15) is 76.8 Å². The number of hydrogen-bond donors (Lipinski definition) is 3. The first-order valence-corrected chi connectivity index (χ1v) is 19.5. The monoisotopic (exact) mass is 743 g/mol. The summed E-state index contributed by atoms with van der Waals surface area (Å²) in [6.07, 6.45) is 3.55. The van der Waals surface area contributed by atoms with Crippen LogP contribution in [0, 0.1) is 11.3 Å². The first-order valence-electron chi connectivity index (χ1n) is 18.7. The lowest BCUT2D eigenvalue weighted by Crippen LogP contribution is -2.61. The highest BCUT2D eigenvalue weighted by atomic mass is 32.1. The number of likely N-dealkylation sites (N-methyl/N-ethyl adjacent to an activating group) is 1. The van der Waals surface area contributed by atoms with E-state index < -0.39 is 29.5 Å². The summed E-state index contributed by atoms with van der Waals surface area (Å²) in [5, 5.41) is 11.4. The number of hydrazine groups is 1. The Balaban J connectivity index is 1.49. The van der Waals surface area contributed by atoms with Gasteiger partial charge >= 0.3 is 5.97 Å². The maximum atomic E-state index is 14.1. The number of methoxy groups -OCH3 is 1. The van der Waals surface area contributed by atoms with Crippen LogP contribution in [-0.4, -0.2) is 82.8 Å². The molecule has 6 bridgehead atoms. The number of ether oxygens (including phenoxy) is 2. The molecule has 4 aromatic rings. The summed E-state index contributed by atoms with van der Waals surface area (Å²) < 4.78 is 14.2. The Kier molecular flexibility index (Phi) is 11.7. The van der Waals surface area contributed by atoms with Gasteiger partial charge in [0.05, 0.1) is 40.8 Å². The van der Waals surface area contributed by atoms with Gasteiger partial charge in [-0.05, 0) is 75.9 Å². The minimum atomic E-state index is -0.894. The van der Waals surface area contributed by atoms with Gasteiger partial charge in [-0.2, -0.15) is 0 Å². The lowest BCUT2D eigenvalue weighted by atomic mass is 9.84. The van der Waals surface area contributed by atoms with E-state index in [0.717, 1.165) is 56.2 Å². The van der Waals surface area contributed by atoms with Gasteiger partial charge in [0.1, 0.15) is 12.1 Å². The SMILES string of the molecule is CCn1c(-c2cccnc2[C@H](C)OC)c2c3cc(ccc31)-c1csc(n1)C[C@H](NC(=O)C(NC)C(C)C)C(=O)N1CCC[C@H](N1)C(=O)OCC(C)(C)C2. The van der Waals surface area contributed by atoms with Gasteiger partial charge in [-0.1, -0.05) is 33.8 Å². The van der Waals surface area contributed by atoms with Crippen LogP contribution in [0.2, 0.25) is 0 Å². The highest BCUT2D eigenvalue weighted by molar-refractivity contribution is 7.10. The fourth-order valence-electron chi connectivity index (χ4n) is 7.59. The number of thiazole rings is 1. The second-order valence-electron chi connectivity index (χ2n) is 15.3. The molecule has 53 heavy (non-hydrogen) atoms. The van der Waals surface area contributed by atoms with Crippen LogP contribution in [-0.2, 0) is 43.2 Å². The van der Waals surface area contributed by atoms with Gasteiger partial charge < -0.3 is 24.7 Å². The van der Waals surface area contributed by atoms with Gasteiger partial charge in [0, 0.05) is 65.6 Å². The van der Waals surface area contributed by atoms with Crippen LogP contribution in [0.15, 0.2) is 41.9 Å². The number of pyridine rings is 1. The quantitative estimate of drug-likeness (QED) is 0.201. The summed E-state index contributed by atoms with van der Waals surface area (Å²) >= 11 is 1.47. The van der Waals surface area contributed by atoms with Gasteiger partial charge in [-0.3, -0.25) is 24.4 Å². The Hall–Kier alpha value is -4.17. The minimum absolute atomic E-state index is 0.00769. The number of nitrogens with one attached hydrogen (secondary N) is 3. The predicted molar refractivity (Wildman–Crippen MR) is 207 cm³/mol. The zero-order valence-corrected chi connectivity index (χ0v) is 32.9. The summed E-state index contributed by atoms with van der Waals surface area (Å²) in [5.74, 6) is -0.974. The van der Waals surface area contributed by atoms with Crippen molar-refractivity contribution in [3.05, 3.63) is 58.2 Å². The number of rotatable bonds is 8. The molecule has 4 atom stereocenters. The van der Waals surface area contributed by atoms with Crippen molar-refractivity contribution < 1.29 is 23.9 Å². The van der Waals surface area contributed by atoms with E-state index in [4.69, 9.17) is 19.4 Å². The molecule has 2 aliphatic rings. The number of nitrogens with zero attached hydrogens (tertiary/aromatic N) is 4. The number of cyclic esters (lactones) is 1. The molecule has 1 unspecified atom stereocenters. The van der Waals surface area contributed by atoms with Crippen LogP contribution in [0.25, 0.3) is 33.4 Å². The fraction of sp³-hybridized carbons (Fsp3) is 0.525. The lowest BCUT2D eigenvalue weighted by Gasteiger charge is -2.36. The summed E-state index contributed by atoms with van der Waals surface area (Å²) in [4.78, 5) is 51.1. The molecule has 1 fully saturated rings. The van der Waals surface area contributed by atoms with Gasteiger partial charge in [0.15, 0.2) is 0 Å². The third-order valence-corrected chi connectivity index (χ3v) is 11.3. The molecule has 12 nitrogen and oxygen atoms in total. The van der Waals surface area contributed by atoms with Crippen LogP contribution in [0.4, 0.5) is 0 Å². The number of aryl methyl sites for hydroxylation is 1. The third-order valence-electron chi connectivity index (χ3n) is 10.4. The van der Waals surface area contributed by atoms with Crippen molar-refractivity contribution in [2.75, 3.05) is 27.3 Å². The fourth-order valence-corrected chi connectivity index (χ4v) is 8.44. The summed E-state index contributed by atoms with van der Waals surface area (Å²) in [7, 11) is 3.43. The number of hydrogen-bond acceptors (Lipinski definition) is 10. The average molecular weight is 744 g/mol. The highest BCUT2D eigenvalue weighted by Gasteiger charge is 2.36. The van der Waals surface area contributed by atoms with Gasteiger partial charge in [-0.25, -0.2) is 10.4 Å². The molecule has 3 aromatic heterocycles. The summed E-state index contributed by atoms with van der Waals surface area (Å²) in [6, 6.07) is 8.44. The number of carbonyl (C=O) groups is 3. The van der Waals surface area contributed by atoms with Crippen molar-refractivity contribution in [3.63, 3.8) is 0 Å². The molecule has 3 N–H and O–H groups in total. The first kappa shape index (κ1) is 38.6. The summed E-state index contributed by atoms with van der Waals surface area (Å²) in [6.45, 7) is 13.6. The molecule has 2 aliphatic heterocycles. The lowest BCUT2D eigenvalue weighted by molar-refractivity contribution is -0.155. The summed E-state index contributed by atoms with van der Waals surface area (Å²) in [5.41, 5.74) is 9.59. The Morgan fingerprint density at radius 1 is 1.21 bits per heavy atom. The van der Waals surface area contributed by atoms with Crippen LogP contribution < -0.4 is 16.1 Å². The van der Waals surface area contributed by atoms with Crippen LogP contribution >= 0.6 is 11.3 Å². The van der Waals surface area contributed by atoms with E-state index in [1.807, 2.05) is 32.2 Å². The van der Waals surface area contributed by atoms with Crippen molar-refractivity contribution in [2.24, 2.45) is 11.3 Å². The molecule has 5 heterocycles. The molecule has 0 spiro atoms. The normalized spacial score (nSPS) is 20.6. The maximum Gasteiger partial charge on any atom is 0.324 e. The van der Waals surface area contributed by atoms with Crippen LogP contribution in [0.5, 0.6) is 0 Å². The molecular weight excluding hydrogens is 691 g/mol. The van der Waals surface area contributed by atoms with Crippen molar-refractivity contribution >= 4 is 40.0 Å². The van der Waals surface area contributed by atoms with E-state index in [2.05, 4.69) is 65.7 Å². The molecular formula is C40H53N7O5S. The van der Waals surface area contributed by atoms with E-state index in [9.17, 15) is 14.4 Å². The number of esters is 1. The highest BCUT2D eigenvalue weighted by Crippen LogP contribution is 2.42.